The summed E-state index contributed by atoms with van der Waals surface area (Å²) in [6.45, 7) is 19.7. The normalized spacial score (nSPS) is 12.4. The largest absolute Gasteiger partial charge is 0.479 e. The van der Waals surface area contributed by atoms with Crippen LogP contribution in [0.2, 0.25) is 0 Å². The number of carbonyl (C=O) groups excluding carboxylic acids is 1. The number of carboxylic acids is 1. The van der Waals surface area contributed by atoms with Crippen LogP contribution in [0.3, 0.4) is 0 Å². The number of hydrogen-bond acceptors (Lipinski definition) is 3. The second-order valence-corrected chi connectivity index (χ2v) is 11.6. The number of rotatable bonds is 8. The molecule has 0 aliphatic rings. The lowest BCUT2D eigenvalue weighted by atomic mass is 9.81. The quantitative estimate of drug-likeness (QED) is 0.306. The van der Waals surface area contributed by atoms with Gasteiger partial charge in [0.15, 0.2) is 6.10 Å². The standard InChI is InChI=1S/C34H43NO4/c1-11-12-27(36)35-31-24(7)30(32(33(37)38)39-34(8,9)10)28(25-15-13-19(2)21(4)17-25)23(6)29(31)26-16-14-20(3)22(5)18-26/h13-18,32H,11-12H2,1-10H3,(H,35,36)(H,37,38). The minimum atomic E-state index is -1.23. The van der Waals surface area contributed by atoms with E-state index < -0.39 is 17.7 Å². The highest BCUT2D eigenvalue weighted by Gasteiger charge is 2.34. The first-order valence-electron chi connectivity index (χ1n) is 13.7. The van der Waals surface area contributed by atoms with E-state index in [1.807, 2.05) is 47.6 Å². The molecular weight excluding hydrogens is 486 g/mol. The molecule has 5 heteroatoms. The predicted octanol–water partition coefficient (Wildman–Crippen LogP) is 8.55. The Bertz CT molecular complexity index is 1410. The molecule has 0 spiro atoms. The molecule has 0 bridgehead atoms. The van der Waals surface area contributed by atoms with Crippen molar-refractivity contribution in [1.29, 1.82) is 0 Å². The first-order chi connectivity index (χ1) is 18.2. The summed E-state index contributed by atoms with van der Waals surface area (Å²) in [5, 5.41) is 13.6. The SMILES string of the molecule is CCCC(=O)Nc1c(C)c(C(OC(C)(C)C)C(=O)O)c(-c2ccc(C)c(C)c2)c(C)c1-c1ccc(C)c(C)c1. The van der Waals surface area contributed by atoms with Gasteiger partial charge in [0.1, 0.15) is 0 Å². The Morgan fingerprint density at radius 1 is 0.821 bits per heavy atom. The summed E-state index contributed by atoms with van der Waals surface area (Å²) >= 11 is 0. The van der Waals surface area contributed by atoms with E-state index in [0.717, 1.165) is 44.5 Å². The second-order valence-electron chi connectivity index (χ2n) is 11.6. The summed E-state index contributed by atoms with van der Waals surface area (Å²) in [4.78, 5) is 25.8. The molecule has 2 N–H and O–H groups in total. The monoisotopic (exact) mass is 529 g/mol. The Hall–Kier alpha value is -3.44. The highest BCUT2D eigenvalue weighted by Crippen LogP contribution is 2.47. The molecule has 3 aromatic carbocycles. The van der Waals surface area contributed by atoms with Crippen molar-refractivity contribution < 1.29 is 19.4 Å². The van der Waals surface area contributed by atoms with Gasteiger partial charge in [-0.05, 0) is 119 Å². The van der Waals surface area contributed by atoms with Gasteiger partial charge < -0.3 is 15.2 Å². The average Bonchev–Trinajstić information content (AvgIpc) is 2.83. The van der Waals surface area contributed by atoms with Gasteiger partial charge in [-0.1, -0.05) is 43.3 Å². The fraction of sp³-hybridized carbons (Fsp3) is 0.412. The second kappa shape index (κ2) is 11.7. The van der Waals surface area contributed by atoms with Crippen LogP contribution < -0.4 is 5.32 Å². The molecule has 0 saturated carbocycles. The van der Waals surface area contributed by atoms with Gasteiger partial charge in [0.25, 0.3) is 0 Å². The van der Waals surface area contributed by atoms with Crippen molar-refractivity contribution in [2.24, 2.45) is 0 Å². The number of carbonyl (C=O) groups is 2. The van der Waals surface area contributed by atoms with Gasteiger partial charge in [-0.2, -0.15) is 0 Å². The maximum absolute atomic E-state index is 13.0. The third-order valence-electron chi connectivity index (χ3n) is 7.34. The highest BCUT2D eigenvalue weighted by atomic mass is 16.5. The van der Waals surface area contributed by atoms with E-state index in [9.17, 15) is 14.7 Å². The molecule has 3 rings (SSSR count). The molecule has 0 aromatic heterocycles. The minimum absolute atomic E-state index is 0.0985. The Kier molecular flexibility index (Phi) is 9.07. The van der Waals surface area contributed by atoms with Crippen LogP contribution in [-0.2, 0) is 14.3 Å². The number of ether oxygens (including phenoxy) is 1. The van der Waals surface area contributed by atoms with Crippen LogP contribution in [0.4, 0.5) is 5.69 Å². The van der Waals surface area contributed by atoms with Crippen molar-refractivity contribution in [1.82, 2.24) is 0 Å². The molecule has 0 saturated heterocycles. The van der Waals surface area contributed by atoms with Crippen molar-refractivity contribution in [3.8, 4) is 22.3 Å². The molecule has 0 aliphatic carbocycles. The Labute approximate surface area is 233 Å². The first-order valence-corrected chi connectivity index (χ1v) is 13.7. The molecule has 0 radical (unpaired) electrons. The van der Waals surface area contributed by atoms with Gasteiger partial charge in [-0.15, -0.1) is 0 Å². The lowest BCUT2D eigenvalue weighted by Crippen LogP contribution is -2.29. The molecule has 1 amide bonds. The molecule has 1 unspecified atom stereocenters. The van der Waals surface area contributed by atoms with E-state index in [1.54, 1.807) is 0 Å². The Balaban J connectivity index is 2.54. The lowest BCUT2D eigenvalue weighted by molar-refractivity contribution is -0.160. The molecule has 0 heterocycles. The minimum Gasteiger partial charge on any atom is -0.479 e. The average molecular weight is 530 g/mol. The number of aliphatic carboxylic acids is 1. The number of carboxylic acid groups (broad SMARTS) is 1. The van der Waals surface area contributed by atoms with Crippen LogP contribution in [0.15, 0.2) is 36.4 Å². The molecule has 208 valence electrons. The first kappa shape index (κ1) is 30.1. The van der Waals surface area contributed by atoms with E-state index >= 15 is 0 Å². The maximum atomic E-state index is 13.0. The third-order valence-corrected chi connectivity index (χ3v) is 7.34. The summed E-state index contributed by atoms with van der Waals surface area (Å²) < 4.78 is 6.21. The number of amides is 1. The zero-order chi connectivity index (χ0) is 29.2. The summed E-state index contributed by atoms with van der Waals surface area (Å²) in [5.74, 6) is -1.17. The van der Waals surface area contributed by atoms with E-state index in [4.69, 9.17) is 4.74 Å². The van der Waals surface area contributed by atoms with Crippen molar-refractivity contribution in [3.05, 3.63) is 75.3 Å². The topological polar surface area (TPSA) is 75.6 Å². The predicted molar refractivity (Wildman–Crippen MR) is 160 cm³/mol. The van der Waals surface area contributed by atoms with Gasteiger partial charge in [-0.25, -0.2) is 4.79 Å². The number of hydrogen-bond donors (Lipinski definition) is 2. The van der Waals surface area contributed by atoms with Crippen LogP contribution in [0.25, 0.3) is 22.3 Å². The molecule has 5 nitrogen and oxygen atoms in total. The van der Waals surface area contributed by atoms with Crippen molar-refractivity contribution >= 4 is 17.6 Å². The smallest absolute Gasteiger partial charge is 0.337 e. The van der Waals surface area contributed by atoms with Gasteiger partial charge >= 0.3 is 5.97 Å². The molecule has 39 heavy (non-hydrogen) atoms. The number of benzene rings is 3. The fourth-order valence-electron chi connectivity index (χ4n) is 5.05. The van der Waals surface area contributed by atoms with Gasteiger partial charge in [0.05, 0.1) is 11.3 Å². The van der Waals surface area contributed by atoms with Crippen molar-refractivity contribution in [2.45, 2.75) is 93.8 Å². The van der Waals surface area contributed by atoms with E-state index in [0.29, 0.717) is 29.7 Å². The molecule has 1 atom stereocenters. The fourth-order valence-corrected chi connectivity index (χ4v) is 5.05. The zero-order valence-electron chi connectivity index (χ0n) is 25.1. The van der Waals surface area contributed by atoms with Crippen LogP contribution in [0, 0.1) is 41.5 Å². The number of aryl methyl sites for hydroxylation is 4. The van der Waals surface area contributed by atoms with Gasteiger partial charge in [-0.3, -0.25) is 4.79 Å². The van der Waals surface area contributed by atoms with Crippen LogP contribution >= 0.6 is 0 Å². The highest BCUT2D eigenvalue weighted by molar-refractivity contribution is 6.01. The van der Waals surface area contributed by atoms with E-state index in [1.165, 1.54) is 5.56 Å². The van der Waals surface area contributed by atoms with E-state index in [-0.39, 0.29) is 5.91 Å². The van der Waals surface area contributed by atoms with Crippen molar-refractivity contribution in [3.63, 3.8) is 0 Å². The molecule has 3 aromatic rings. The summed E-state index contributed by atoms with van der Waals surface area (Å²) in [7, 11) is 0. The molecular formula is C34H43NO4. The summed E-state index contributed by atoms with van der Waals surface area (Å²) in [5.41, 5.74) is 10.3. The van der Waals surface area contributed by atoms with Gasteiger partial charge in [0, 0.05) is 17.5 Å². The van der Waals surface area contributed by atoms with Crippen LogP contribution in [0.5, 0.6) is 0 Å². The zero-order valence-corrected chi connectivity index (χ0v) is 25.1. The van der Waals surface area contributed by atoms with Crippen LogP contribution in [0.1, 0.15) is 85.6 Å². The van der Waals surface area contributed by atoms with E-state index in [2.05, 4.69) is 63.3 Å². The number of nitrogens with one attached hydrogen (secondary N) is 1. The molecule has 0 fully saturated rings. The third kappa shape index (κ3) is 6.59. The lowest BCUT2D eigenvalue weighted by Gasteiger charge is -2.31. The maximum Gasteiger partial charge on any atom is 0.337 e. The van der Waals surface area contributed by atoms with Crippen molar-refractivity contribution in [2.75, 3.05) is 5.32 Å². The Morgan fingerprint density at radius 3 is 1.77 bits per heavy atom. The summed E-state index contributed by atoms with van der Waals surface area (Å²) in [6, 6.07) is 12.5. The summed E-state index contributed by atoms with van der Waals surface area (Å²) in [6.07, 6.45) is -0.141. The van der Waals surface area contributed by atoms with Crippen LogP contribution in [-0.4, -0.2) is 22.6 Å². The Morgan fingerprint density at radius 2 is 1.33 bits per heavy atom. The molecule has 0 aliphatic heterocycles. The number of anilines is 1. The van der Waals surface area contributed by atoms with Gasteiger partial charge in [0.2, 0.25) is 5.91 Å².